The third-order valence-corrected chi connectivity index (χ3v) is 6.02. The molecule has 3 nitrogen and oxygen atoms in total. The van der Waals surface area contributed by atoms with Gasteiger partial charge in [-0.05, 0) is 43.0 Å². The highest BCUT2D eigenvalue weighted by Gasteiger charge is 2.36. The third kappa shape index (κ3) is 2.61. The minimum Gasteiger partial charge on any atom is -0.207 e. The summed E-state index contributed by atoms with van der Waals surface area (Å²) in [5, 5.41) is 0. The summed E-state index contributed by atoms with van der Waals surface area (Å²) in [6.07, 6.45) is 1.79. The molecule has 1 aliphatic rings. The van der Waals surface area contributed by atoms with E-state index in [2.05, 4.69) is 0 Å². The number of benzene rings is 2. The molecule has 3 rings (SSSR count). The fraction of sp³-hybridized carbons (Fsp3) is 0.294. The van der Waals surface area contributed by atoms with Crippen molar-refractivity contribution < 1.29 is 8.42 Å². The van der Waals surface area contributed by atoms with Crippen LogP contribution in [0.2, 0.25) is 0 Å². The molecule has 110 valence electrons. The van der Waals surface area contributed by atoms with E-state index in [1.54, 1.807) is 28.6 Å². The first-order chi connectivity index (χ1) is 10.1. The summed E-state index contributed by atoms with van der Waals surface area (Å²) >= 11 is 0. The van der Waals surface area contributed by atoms with E-state index in [0.29, 0.717) is 11.4 Å². The molecule has 2 aromatic rings. The molecule has 1 fully saturated rings. The molecular formula is C17H19NO2S. The molecule has 2 aromatic carbocycles. The van der Waals surface area contributed by atoms with Crippen molar-refractivity contribution in [2.75, 3.05) is 6.54 Å². The molecule has 0 bridgehead atoms. The third-order valence-electron chi connectivity index (χ3n) is 4.10. The second-order valence-electron chi connectivity index (χ2n) is 5.44. The molecule has 21 heavy (non-hydrogen) atoms. The predicted molar refractivity (Wildman–Crippen MR) is 83.5 cm³/mol. The maximum atomic E-state index is 12.9. The van der Waals surface area contributed by atoms with Crippen LogP contribution in [-0.2, 0) is 10.0 Å². The Morgan fingerprint density at radius 3 is 2.38 bits per heavy atom. The normalized spacial score (nSPS) is 19.8. The minimum atomic E-state index is -3.42. The van der Waals surface area contributed by atoms with E-state index >= 15 is 0 Å². The standard InChI is InChI=1S/C17H19NO2S/c1-14-8-5-6-11-16(14)17-12-7-13-18(17)21(19,20)15-9-3-2-4-10-15/h2-6,8-11,17H,7,12-13H2,1H3/t17-/m0/s1. The fourth-order valence-corrected chi connectivity index (χ4v) is 4.72. The lowest BCUT2D eigenvalue weighted by Gasteiger charge is -2.25. The van der Waals surface area contributed by atoms with Crippen LogP contribution in [0.5, 0.6) is 0 Å². The first kappa shape index (κ1) is 14.3. The van der Waals surface area contributed by atoms with Crippen molar-refractivity contribution in [3.63, 3.8) is 0 Å². The summed E-state index contributed by atoms with van der Waals surface area (Å²) in [6, 6.07) is 16.7. The van der Waals surface area contributed by atoms with Crippen molar-refractivity contribution >= 4 is 10.0 Å². The number of hydrogen-bond acceptors (Lipinski definition) is 2. The second kappa shape index (κ2) is 5.62. The van der Waals surface area contributed by atoms with Gasteiger partial charge >= 0.3 is 0 Å². The van der Waals surface area contributed by atoms with Gasteiger partial charge in [0.05, 0.1) is 10.9 Å². The van der Waals surface area contributed by atoms with Crippen LogP contribution in [0.1, 0.15) is 30.0 Å². The van der Waals surface area contributed by atoms with E-state index in [0.717, 1.165) is 24.0 Å². The van der Waals surface area contributed by atoms with E-state index in [4.69, 9.17) is 0 Å². The van der Waals surface area contributed by atoms with Crippen LogP contribution in [0.15, 0.2) is 59.5 Å². The molecule has 1 aliphatic heterocycles. The number of aryl methyl sites for hydroxylation is 1. The SMILES string of the molecule is Cc1ccccc1[C@@H]1CCCN1S(=O)(=O)c1ccccc1. The summed E-state index contributed by atoms with van der Waals surface area (Å²) in [7, 11) is -3.42. The van der Waals surface area contributed by atoms with Gasteiger partial charge < -0.3 is 0 Å². The number of nitrogens with zero attached hydrogens (tertiary/aromatic N) is 1. The van der Waals surface area contributed by atoms with Crippen LogP contribution in [-0.4, -0.2) is 19.3 Å². The minimum absolute atomic E-state index is 0.0450. The molecule has 0 aromatic heterocycles. The molecule has 1 atom stereocenters. The van der Waals surface area contributed by atoms with Gasteiger partial charge in [-0.15, -0.1) is 0 Å². The molecule has 0 unspecified atom stereocenters. The highest BCUT2D eigenvalue weighted by Crippen LogP contribution is 2.37. The average molecular weight is 301 g/mol. The lowest BCUT2D eigenvalue weighted by molar-refractivity contribution is 0.395. The van der Waals surface area contributed by atoms with Gasteiger partial charge in [0.1, 0.15) is 0 Å². The number of sulfonamides is 1. The summed E-state index contributed by atoms with van der Waals surface area (Å²) < 4.78 is 27.4. The Bertz CT molecular complexity index is 725. The number of rotatable bonds is 3. The Balaban J connectivity index is 2.00. The Kier molecular flexibility index (Phi) is 3.83. The van der Waals surface area contributed by atoms with Crippen LogP contribution in [0, 0.1) is 6.92 Å². The Morgan fingerprint density at radius 2 is 1.67 bits per heavy atom. The fourth-order valence-electron chi connectivity index (χ4n) is 3.03. The molecular weight excluding hydrogens is 282 g/mol. The quantitative estimate of drug-likeness (QED) is 0.870. The van der Waals surface area contributed by atoms with E-state index in [-0.39, 0.29) is 6.04 Å². The smallest absolute Gasteiger partial charge is 0.207 e. The summed E-state index contributed by atoms with van der Waals surface area (Å²) in [4.78, 5) is 0.380. The van der Waals surface area contributed by atoms with E-state index in [1.165, 1.54) is 0 Å². The van der Waals surface area contributed by atoms with Crippen LogP contribution in [0.25, 0.3) is 0 Å². The van der Waals surface area contributed by atoms with Gasteiger partial charge in [0.2, 0.25) is 10.0 Å². The topological polar surface area (TPSA) is 37.4 Å². The molecule has 0 saturated carbocycles. The average Bonchev–Trinajstić information content (AvgIpc) is 2.99. The molecule has 0 amide bonds. The largest absolute Gasteiger partial charge is 0.243 e. The van der Waals surface area contributed by atoms with Crippen LogP contribution < -0.4 is 0 Å². The zero-order chi connectivity index (χ0) is 14.9. The van der Waals surface area contributed by atoms with Gasteiger partial charge in [-0.1, -0.05) is 42.5 Å². The van der Waals surface area contributed by atoms with Crippen molar-refractivity contribution in [1.82, 2.24) is 4.31 Å². The van der Waals surface area contributed by atoms with E-state index in [1.807, 2.05) is 37.3 Å². The molecule has 0 N–H and O–H groups in total. The van der Waals surface area contributed by atoms with Gasteiger partial charge in [-0.3, -0.25) is 0 Å². The van der Waals surface area contributed by atoms with Crippen molar-refractivity contribution in [1.29, 1.82) is 0 Å². The monoisotopic (exact) mass is 301 g/mol. The molecule has 0 aliphatic carbocycles. The molecule has 1 heterocycles. The van der Waals surface area contributed by atoms with Gasteiger partial charge in [0.25, 0.3) is 0 Å². The highest BCUT2D eigenvalue weighted by atomic mass is 32.2. The summed E-state index contributed by atoms with van der Waals surface area (Å²) in [5.74, 6) is 0. The van der Waals surface area contributed by atoms with Crippen LogP contribution in [0.3, 0.4) is 0 Å². The molecule has 4 heteroatoms. The Morgan fingerprint density at radius 1 is 1.00 bits per heavy atom. The second-order valence-corrected chi connectivity index (χ2v) is 7.33. The summed E-state index contributed by atoms with van der Waals surface area (Å²) in [6.45, 7) is 2.64. The maximum absolute atomic E-state index is 12.9. The van der Waals surface area contributed by atoms with Crippen molar-refractivity contribution in [2.24, 2.45) is 0 Å². The highest BCUT2D eigenvalue weighted by molar-refractivity contribution is 7.89. The van der Waals surface area contributed by atoms with E-state index < -0.39 is 10.0 Å². The van der Waals surface area contributed by atoms with Gasteiger partial charge in [-0.2, -0.15) is 4.31 Å². The van der Waals surface area contributed by atoms with Crippen molar-refractivity contribution in [2.45, 2.75) is 30.7 Å². The summed E-state index contributed by atoms with van der Waals surface area (Å²) in [5.41, 5.74) is 2.27. The number of hydrogen-bond donors (Lipinski definition) is 0. The lowest BCUT2D eigenvalue weighted by atomic mass is 10.0. The first-order valence-corrected chi connectivity index (χ1v) is 8.67. The lowest BCUT2D eigenvalue weighted by Crippen LogP contribution is -2.31. The zero-order valence-corrected chi connectivity index (χ0v) is 12.9. The first-order valence-electron chi connectivity index (χ1n) is 7.23. The zero-order valence-electron chi connectivity index (χ0n) is 12.1. The van der Waals surface area contributed by atoms with Gasteiger partial charge in [-0.25, -0.2) is 8.42 Å². The molecule has 0 spiro atoms. The molecule has 0 radical (unpaired) electrons. The van der Waals surface area contributed by atoms with Crippen molar-refractivity contribution in [3.05, 3.63) is 65.7 Å². The predicted octanol–water partition coefficient (Wildman–Crippen LogP) is 3.52. The van der Waals surface area contributed by atoms with E-state index in [9.17, 15) is 8.42 Å². The maximum Gasteiger partial charge on any atom is 0.243 e. The van der Waals surface area contributed by atoms with Crippen LogP contribution in [0.4, 0.5) is 0 Å². The van der Waals surface area contributed by atoms with Gasteiger partial charge in [0.15, 0.2) is 0 Å². The van der Waals surface area contributed by atoms with Crippen molar-refractivity contribution in [3.8, 4) is 0 Å². The Hall–Kier alpha value is -1.65. The van der Waals surface area contributed by atoms with Crippen LogP contribution >= 0.6 is 0 Å². The Labute approximate surface area is 126 Å². The van der Waals surface area contributed by atoms with Gasteiger partial charge in [0, 0.05) is 6.54 Å². The molecule has 1 saturated heterocycles.